The van der Waals surface area contributed by atoms with Crippen LogP contribution in [-0.2, 0) is 9.63 Å². The van der Waals surface area contributed by atoms with Crippen LogP contribution in [0.25, 0.3) is 0 Å². The fourth-order valence-electron chi connectivity index (χ4n) is 3.69. The number of amides is 1. The van der Waals surface area contributed by atoms with Crippen LogP contribution in [0, 0.1) is 11.8 Å². The number of hydrogen-bond donors (Lipinski definition) is 2. The van der Waals surface area contributed by atoms with Gasteiger partial charge in [0.25, 0.3) is 5.91 Å². The van der Waals surface area contributed by atoms with Gasteiger partial charge in [0.1, 0.15) is 0 Å². The third-order valence-electron chi connectivity index (χ3n) is 4.66. The van der Waals surface area contributed by atoms with E-state index in [2.05, 4.69) is 10.8 Å². The Bertz CT molecular complexity index is 289. The molecule has 17 heavy (non-hydrogen) atoms. The van der Waals surface area contributed by atoms with Gasteiger partial charge in [-0.05, 0) is 44.1 Å². The molecular weight excluding hydrogens is 216 g/mol. The number of nitrogens with one attached hydrogen (secondary N) is 2. The first-order chi connectivity index (χ1) is 8.34. The molecule has 0 aromatic heterocycles. The van der Waals surface area contributed by atoms with E-state index in [1.54, 1.807) is 0 Å². The van der Waals surface area contributed by atoms with Crippen molar-refractivity contribution in [1.82, 2.24) is 10.8 Å². The van der Waals surface area contributed by atoms with Gasteiger partial charge < -0.3 is 5.32 Å². The molecule has 3 fully saturated rings. The zero-order valence-corrected chi connectivity index (χ0v) is 10.3. The van der Waals surface area contributed by atoms with Crippen molar-refractivity contribution in [2.75, 3.05) is 6.54 Å². The SMILES string of the molecule is O=C(NOC1CCCC1)C1NCC2CCCC21. The van der Waals surface area contributed by atoms with Gasteiger partial charge in [-0.2, -0.15) is 0 Å². The van der Waals surface area contributed by atoms with E-state index in [0.717, 1.165) is 25.3 Å². The summed E-state index contributed by atoms with van der Waals surface area (Å²) in [6.07, 6.45) is 8.64. The lowest BCUT2D eigenvalue weighted by Crippen LogP contribution is -2.44. The van der Waals surface area contributed by atoms with Gasteiger partial charge in [0.15, 0.2) is 0 Å². The van der Waals surface area contributed by atoms with Crippen molar-refractivity contribution in [3.05, 3.63) is 0 Å². The van der Waals surface area contributed by atoms with Gasteiger partial charge >= 0.3 is 0 Å². The van der Waals surface area contributed by atoms with Gasteiger partial charge in [0, 0.05) is 0 Å². The van der Waals surface area contributed by atoms with E-state index < -0.39 is 0 Å². The molecule has 3 rings (SSSR count). The molecule has 1 heterocycles. The van der Waals surface area contributed by atoms with E-state index >= 15 is 0 Å². The molecule has 0 bridgehead atoms. The van der Waals surface area contributed by atoms with Crippen LogP contribution in [0.3, 0.4) is 0 Å². The zero-order chi connectivity index (χ0) is 11.7. The van der Waals surface area contributed by atoms with E-state index in [9.17, 15) is 4.79 Å². The minimum Gasteiger partial charge on any atom is -0.305 e. The van der Waals surface area contributed by atoms with Crippen molar-refractivity contribution in [3.63, 3.8) is 0 Å². The molecule has 4 nitrogen and oxygen atoms in total. The van der Waals surface area contributed by atoms with Crippen molar-refractivity contribution >= 4 is 5.91 Å². The number of rotatable bonds is 3. The molecule has 3 atom stereocenters. The highest BCUT2D eigenvalue weighted by Crippen LogP contribution is 2.37. The Labute approximate surface area is 102 Å². The summed E-state index contributed by atoms with van der Waals surface area (Å²) in [6, 6.07) is -0.0103. The molecule has 3 aliphatic rings. The number of hydrogen-bond acceptors (Lipinski definition) is 3. The van der Waals surface area contributed by atoms with E-state index in [0.29, 0.717) is 5.92 Å². The summed E-state index contributed by atoms with van der Waals surface area (Å²) in [6.45, 7) is 1.01. The van der Waals surface area contributed by atoms with Crippen molar-refractivity contribution in [1.29, 1.82) is 0 Å². The number of hydroxylamine groups is 1. The predicted molar refractivity (Wildman–Crippen MR) is 64.1 cm³/mol. The topological polar surface area (TPSA) is 50.4 Å². The molecule has 0 aromatic rings. The maximum atomic E-state index is 12.0. The van der Waals surface area contributed by atoms with Gasteiger partial charge in [-0.3, -0.25) is 9.63 Å². The molecule has 2 saturated carbocycles. The highest BCUT2D eigenvalue weighted by Gasteiger charge is 2.42. The summed E-state index contributed by atoms with van der Waals surface area (Å²) in [5, 5.41) is 3.34. The normalized spacial score (nSPS) is 37.3. The zero-order valence-electron chi connectivity index (χ0n) is 10.3. The monoisotopic (exact) mass is 238 g/mol. The average Bonchev–Trinajstić information content (AvgIpc) is 3.02. The Morgan fingerprint density at radius 2 is 1.94 bits per heavy atom. The summed E-state index contributed by atoms with van der Waals surface area (Å²) < 4.78 is 0. The minimum absolute atomic E-state index is 0.0103. The Hall–Kier alpha value is -0.610. The molecule has 2 aliphatic carbocycles. The lowest BCUT2D eigenvalue weighted by molar-refractivity contribution is -0.141. The van der Waals surface area contributed by atoms with Crippen LogP contribution in [-0.4, -0.2) is 24.6 Å². The molecule has 3 unspecified atom stereocenters. The standard InChI is InChI=1S/C13H22N2O2/c16-13(15-17-10-5-1-2-6-10)12-11-7-3-4-9(11)8-14-12/h9-12,14H,1-8H2,(H,15,16). The first kappa shape index (κ1) is 11.5. The molecule has 1 aliphatic heterocycles. The van der Waals surface area contributed by atoms with Crippen molar-refractivity contribution in [2.45, 2.75) is 57.1 Å². The summed E-state index contributed by atoms with van der Waals surface area (Å²) in [4.78, 5) is 17.5. The summed E-state index contributed by atoms with van der Waals surface area (Å²) in [5.41, 5.74) is 2.68. The second-order valence-electron chi connectivity index (χ2n) is 5.73. The Morgan fingerprint density at radius 1 is 1.12 bits per heavy atom. The van der Waals surface area contributed by atoms with Crippen LogP contribution in [0.4, 0.5) is 0 Å². The highest BCUT2D eigenvalue weighted by atomic mass is 16.7. The lowest BCUT2D eigenvalue weighted by Gasteiger charge is -2.19. The first-order valence-electron chi connectivity index (χ1n) is 7.03. The first-order valence-corrected chi connectivity index (χ1v) is 7.03. The van der Waals surface area contributed by atoms with E-state index in [-0.39, 0.29) is 18.1 Å². The molecule has 1 amide bonds. The maximum absolute atomic E-state index is 12.0. The second kappa shape index (κ2) is 4.94. The summed E-state index contributed by atoms with van der Waals surface area (Å²) in [5.74, 6) is 1.31. The fourth-order valence-corrected chi connectivity index (χ4v) is 3.69. The average molecular weight is 238 g/mol. The maximum Gasteiger partial charge on any atom is 0.260 e. The van der Waals surface area contributed by atoms with Crippen LogP contribution in [0.15, 0.2) is 0 Å². The minimum atomic E-state index is -0.0103. The quantitative estimate of drug-likeness (QED) is 0.730. The van der Waals surface area contributed by atoms with Gasteiger partial charge in [-0.1, -0.05) is 19.3 Å². The number of carbonyl (C=O) groups excluding carboxylic acids is 1. The largest absolute Gasteiger partial charge is 0.305 e. The van der Waals surface area contributed by atoms with Crippen molar-refractivity contribution in [3.8, 4) is 0 Å². The third kappa shape index (κ3) is 2.33. The molecule has 0 aromatic carbocycles. The van der Waals surface area contributed by atoms with Crippen LogP contribution >= 0.6 is 0 Å². The third-order valence-corrected chi connectivity index (χ3v) is 4.66. The lowest BCUT2D eigenvalue weighted by atomic mass is 9.94. The second-order valence-corrected chi connectivity index (χ2v) is 5.73. The summed E-state index contributed by atoms with van der Waals surface area (Å²) in [7, 11) is 0. The predicted octanol–water partition coefficient (Wildman–Crippen LogP) is 1.36. The Balaban J connectivity index is 1.48. The highest BCUT2D eigenvalue weighted by molar-refractivity contribution is 5.81. The van der Waals surface area contributed by atoms with Crippen LogP contribution < -0.4 is 10.8 Å². The van der Waals surface area contributed by atoms with Crippen LogP contribution in [0.5, 0.6) is 0 Å². The Kier molecular flexibility index (Phi) is 3.34. The molecule has 0 spiro atoms. The van der Waals surface area contributed by atoms with Crippen LogP contribution in [0.1, 0.15) is 44.9 Å². The van der Waals surface area contributed by atoms with Gasteiger partial charge in [0.2, 0.25) is 0 Å². The van der Waals surface area contributed by atoms with Crippen molar-refractivity contribution in [2.24, 2.45) is 11.8 Å². The smallest absolute Gasteiger partial charge is 0.260 e. The van der Waals surface area contributed by atoms with Crippen LogP contribution in [0.2, 0.25) is 0 Å². The number of fused-ring (bicyclic) bond motifs is 1. The van der Waals surface area contributed by atoms with E-state index in [4.69, 9.17) is 4.84 Å². The van der Waals surface area contributed by atoms with Gasteiger partial charge in [0.05, 0.1) is 12.1 Å². The fraction of sp³-hybridized carbons (Fsp3) is 0.923. The van der Waals surface area contributed by atoms with E-state index in [1.807, 2.05) is 0 Å². The molecule has 0 radical (unpaired) electrons. The van der Waals surface area contributed by atoms with Gasteiger partial charge in [-0.25, -0.2) is 5.48 Å². The molecular formula is C13H22N2O2. The number of carbonyl (C=O) groups is 1. The molecule has 2 N–H and O–H groups in total. The van der Waals surface area contributed by atoms with Crippen molar-refractivity contribution < 1.29 is 9.63 Å². The molecule has 1 saturated heterocycles. The van der Waals surface area contributed by atoms with Gasteiger partial charge in [-0.15, -0.1) is 0 Å². The Morgan fingerprint density at radius 3 is 2.76 bits per heavy atom. The van der Waals surface area contributed by atoms with E-state index in [1.165, 1.54) is 32.1 Å². The molecule has 4 heteroatoms. The summed E-state index contributed by atoms with van der Waals surface area (Å²) >= 11 is 0. The molecule has 96 valence electrons.